The predicted octanol–water partition coefficient (Wildman–Crippen LogP) is 3.84. The van der Waals surface area contributed by atoms with Crippen LogP contribution in [0.5, 0.6) is 5.75 Å². The Labute approximate surface area is 192 Å². The lowest BCUT2D eigenvalue weighted by molar-refractivity contribution is -0.123. The third kappa shape index (κ3) is 5.25. The molecule has 1 heterocycles. The van der Waals surface area contributed by atoms with E-state index >= 15 is 0 Å². The van der Waals surface area contributed by atoms with Crippen molar-refractivity contribution in [2.45, 2.75) is 19.9 Å². The van der Waals surface area contributed by atoms with Gasteiger partial charge in [-0.2, -0.15) is 0 Å². The smallest absolute Gasteiger partial charge is 0.258 e. The average molecular weight is 450 g/mol. The maximum absolute atomic E-state index is 14.2. The highest BCUT2D eigenvalue weighted by molar-refractivity contribution is 6.02. The predicted molar refractivity (Wildman–Crippen MR) is 127 cm³/mol. The van der Waals surface area contributed by atoms with E-state index < -0.39 is 0 Å². The number of anilines is 1. The van der Waals surface area contributed by atoms with Crippen molar-refractivity contribution in [3.8, 4) is 5.75 Å². The Balaban J connectivity index is 1.53. The molecule has 1 fully saturated rings. The zero-order valence-corrected chi connectivity index (χ0v) is 18.9. The van der Waals surface area contributed by atoms with Gasteiger partial charge < -0.3 is 19.9 Å². The van der Waals surface area contributed by atoms with Gasteiger partial charge in [0.1, 0.15) is 11.6 Å². The summed E-state index contributed by atoms with van der Waals surface area (Å²) in [6, 6.07) is 18.0. The molecule has 6 nitrogen and oxygen atoms in total. The minimum Gasteiger partial charge on any atom is -0.483 e. The van der Waals surface area contributed by atoms with Gasteiger partial charge in [-0.15, -0.1) is 0 Å². The molecule has 0 spiro atoms. The van der Waals surface area contributed by atoms with E-state index in [1.165, 1.54) is 6.07 Å². The minimum absolute atomic E-state index is 0.00422. The zero-order valence-electron chi connectivity index (χ0n) is 18.9. The van der Waals surface area contributed by atoms with Gasteiger partial charge in [0.15, 0.2) is 6.61 Å². The maximum atomic E-state index is 14.2. The van der Waals surface area contributed by atoms with Crippen LogP contribution in [-0.4, -0.2) is 55.5 Å². The largest absolute Gasteiger partial charge is 0.483 e. The van der Waals surface area contributed by atoms with Gasteiger partial charge in [-0.1, -0.05) is 36.4 Å². The van der Waals surface area contributed by atoms with Crippen LogP contribution in [0.1, 0.15) is 24.2 Å². The van der Waals surface area contributed by atoms with E-state index in [9.17, 15) is 14.0 Å². The highest BCUT2D eigenvalue weighted by Crippen LogP contribution is 2.28. The summed E-state index contributed by atoms with van der Waals surface area (Å²) in [5.74, 6) is -0.278. The number of hydrogen-bond donors (Lipinski definition) is 1. The Morgan fingerprint density at radius 2 is 1.61 bits per heavy atom. The molecule has 7 heteroatoms. The van der Waals surface area contributed by atoms with Gasteiger partial charge in [-0.3, -0.25) is 9.59 Å². The van der Waals surface area contributed by atoms with Crippen molar-refractivity contribution in [2.24, 2.45) is 0 Å². The Morgan fingerprint density at radius 1 is 0.970 bits per heavy atom. The summed E-state index contributed by atoms with van der Waals surface area (Å²) >= 11 is 0. The fourth-order valence-corrected chi connectivity index (χ4v) is 4.04. The summed E-state index contributed by atoms with van der Waals surface area (Å²) in [5.41, 5.74) is 0.973. The summed E-state index contributed by atoms with van der Waals surface area (Å²) < 4.78 is 20.0. The number of para-hydroxylation sites is 1. The Kier molecular flexibility index (Phi) is 6.77. The molecular formula is C26H28FN3O3. The molecule has 0 radical (unpaired) electrons. The van der Waals surface area contributed by atoms with Crippen LogP contribution in [0.3, 0.4) is 0 Å². The second kappa shape index (κ2) is 9.90. The van der Waals surface area contributed by atoms with E-state index in [-0.39, 0.29) is 30.3 Å². The summed E-state index contributed by atoms with van der Waals surface area (Å²) in [5, 5.41) is 4.64. The number of amides is 2. The SMILES string of the molecule is CC(C)NC(=O)COc1cc2ccccc2cc1C(=O)N1CCN(c2ccccc2F)CC1. The van der Waals surface area contributed by atoms with Crippen LogP contribution in [0.4, 0.5) is 10.1 Å². The van der Waals surface area contributed by atoms with Gasteiger partial charge in [-0.25, -0.2) is 4.39 Å². The molecule has 1 N–H and O–H groups in total. The van der Waals surface area contributed by atoms with Crippen molar-refractivity contribution >= 4 is 28.3 Å². The summed E-state index contributed by atoms with van der Waals surface area (Å²) in [6.07, 6.45) is 0. The monoisotopic (exact) mass is 449 g/mol. The van der Waals surface area contributed by atoms with Crippen LogP contribution < -0.4 is 15.0 Å². The van der Waals surface area contributed by atoms with Gasteiger partial charge in [0.25, 0.3) is 11.8 Å². The van der Waals surface area contributed by atoms with Gasteiger partial charge in [0, 0.05) is 32.2 Å². The molecule has 0 bridgehead atoms. The Bertz CT molecular complexity index is 1160. The molecule has 0 aromatic heterocycles. The number of hydrogen-bond acceptors (Lipinski definition) is 4. The van der Waals surface area contributed by atoms with E-state index in [0.29, 0.717) is 43.2 Å². The van der Waals surface area contributed by atoms with Crippen molar-refractivity contribution in [2.75, 3.05) is 37.7 Å². The van der Waals surface area contributed by atoms with Crippen molar-refractivity contribution in [3.63, 3.8) is 0 Å². The quantitative estimate of drug-likeness (QED) is 0.621. The van der Waals surface area contributed by atoms with Gasteiger partial charge in [0.2, 0.25) is 0 Å². The maximum Gasteiger partial charge on any atom is 0.258 e. The van der Waals surface area contributed by atoms with Crippen molar-refractivity contribution < 1.29 is 18.7 Å². The molecule has 1 saturated heterocycles. The van der Waals surface area contributed by atoms with Crippen LogP contribution in [-0.2, 0) is 4.79 Å². The molecule has 0 unspecified atom stereocenters. The van der Waals surface area contributed by atoms with Gasteiger partial charge >= 0.3 is 0 Å². The van der Waals surface area contributed by atoms with E-state index in [1.54, 1.807) is 23.1 Å². The van der Waals surface area contributed by atoms with E-state index in [4.69, 9.17) is 4.74 Å². The zero-order chi connectivity index (χ0) is 23.4. The van der Waals surface area contributed by atoms with Crippen LogP contribution in [0.2, 0.25) is 0 Å². The molecule has 3 aromatic carbocycles. The second-order valence-corrected chi connectivity index (χ2v) is 8.44. The molecule has 4 rings (SSSR count). The molecule has 0 atom stereocenters. The number of halogens is 1. The average Bonchev–Trinajstić information content (AvgIpc) is 2.82. The summed E-state index contributed by atoms with van der Waals surface area (Å²) in [7, 11) is 0. The number of ether oxygens (including phenoxy) is 1. The number of carbonyl (C=O) groups excluding carboxylic acids is 2. The van der Waals surface area contributed by atoms with Gasteiger partial charge in [0.05, 0.1) is 11.3 Å². The molecule has 1 aliphatic heterocycles. The molecular weight excluding hydrogens is 421 g/mol. The van der Waals surface area contributed by atoms with E-state index in [0.717, 1.165) is 10.8 Å². The number of carbonyl (C=O) groups is 2. The van der Waals surface area contributed by atoms with Crippen LogP contribution in [0.15, 0.2) is 60.7 Å². The third-order valence-corrected chi connectivity index (χ3v) is 5.65. The Morgan fingerprint density at radius 3 is 2.27 bits per heavy atom. The van der Waals surface area contributed by atoms with Crippen molar-refractivity contribution in [1.29, 1.82) is 0 Å². The van der Waals surface area contributed by atoms with Crippen LogP contribution in [0, 0.1) is 5.82 Å². The third-order valence-electron chi connectivity index (χ3n) is 5.65. The molecule has 1 aliphatic rings. The van der Waals surface area contributed by atoms with Crippen molar-refractivity contribution in [3.05, 3.63) is 72.0 Å². The van der Waals surface area contributed by atoms with Gasteiger partial charge in [-0.05, 0) is 48.9 Å². The number of piperazine rings is 1. The van der Waals surface area contributed by atoms with Crippen LogP contribution in [0.25, 0.3) is 10.8 Å². The van der Waals surface area contributed by atoms with Crippen LogP contribution >= 0.6 is 0 Å². The lowest BCUT2D eigenvalue weighted by atomic mass is 10.0. The topological polar surface area (TPSA) is 61.9 Å². The first-order valence-electron chi connectivity index (χ1n) is 11.2. The number of nitrogens with one attached hydrogen (secondary N) is 1. The molecule has 33 heavy (non-hydrogen) atoms. The molecule has 0 aliphatic carbocycles. The molecule has 2 amide bonds. The number of rotatable bonds is 6. The molecule has 3 aromatic rings. The molecule has 0 saturated carbocycles. The standard InChI is InChI=1S/C26H28FN3O3/c1-18(2)28-25(31)17-33-24-16-20-8-4-3-7-19(20)15-21(24)26(32)30-13-11-29(12-14-30)23-10-6-5-9-22(23)27/h3-10,15-16,18H,11-14,17H2,1-2H3,(H,28,31). The normalized spacial score (nSPS) is 13.9. The Hall–Kier alpha value is -3.61. The van der Waals surface area contributed by atoms with E-state index in [2.05, 4.69) is 5.32 Å². The number of fused-ring (bicyclic) bond motifs is 1. The summed E-state index contributed by atoms with van der Waals surface area (Å²) in [4.78, 5) is 29.3. The first-order valence-corrected chi connectivity index (χ1v) is 11.2. The first kappa shape index (κ1) is 22.6. The number of benzene rings is 3. The lowest BCUT2D eigenvalue weighted by Gasteiger charge is -2.36. The first-order chi connectivity index (χ1) is 15.9. The van der Waals surface area contributed by atoms with E-state index in [1.807, 2.05) is 55.1 Å². The highest BCUT2D eigenvalue weighted by atomic mass is 19.1. The van der Waals surface area contributed by atoms with Crippen molar-refractivity contribution in [1.82, 2.24) is 10.2 Å². The lowest BCUT2D eigenvalue weighted by Crippen LogP contribution is -2.49. The second-order valence-electron chi connectivity index (χ2n) is 8.44. The highest BCUT2D eigenvalue weighted by Gasteiger charge is 2.26. The minimum atomic E-state index is -0.262. The summed E-state index contributed by atoms with van der Waals surface area (Å²) in [6.45, 7) is 5.59. The number of nitrogens with zero attached hydrogens (tertiary/aromatic N) is 2. The fraction of sp³-hybridized carbons (Fsp3) is 0.308. The molecule has 172 valence electrons. The fourth-order valence-electron chi connectivity index (χ4n) is 4.04.